The van der Waals surface area contributed by atoms with Crippen molar-refractivity contribution in [1.29, 1.82) is 0 Å². The van der Waals surface area contributed by atoms with Crippen molar-refractivity contribution >= 4 is 16.7 Å². The predicted molar refractivity (Wildman–Crippen MR) is 56.5 cm³/mol. The van der Waals surface area contributed by atoms with Gasteiger partial charge in [-0.1, -0.05) is 12.1 Å². The lowest BCUT2D eigenvalue weighted by atomic mass is 10.1. The molecule has 0 saturated carbocycles. The van der Waals surface area contributed by atoms with Crippen molar-refractivity contribution in [2.24, 2.45) is 0 Å². The molecule has 0 aliphatic carbocycles. The molecule has 1 aromatic heterocycles. The largest absolute Gasteiger partial charge is 0.295 e. The molecule has 0 fully saturated rings. The summed E-state index contributed by atoms with van der Waals surface area (Å²) < 4.78 is 0. The van der Waals surface area contributed by atoms with E-state index in [4.69, 9.17) is 0 Å². The monoisotopic (exact) mass is 185 g/mol. The van der Waals surface area contributed by atoms with Gasteiger partial charge in [-0.15, -0.1) is 0 Å². The van der Waals surface area contributed by atoms with Gasteiger partial charge in [0.25, 0.3) is 0 Å². The molecule has 0 amide bonds. The predicted octanol–water partition coefficient (Wildman–Crippen LogP) is 2.75. The molecule has 0 saturated heterocycles. The third-order valence-electron chi connectivity index (χ3n) is 2.37. The van der Waals surface area contributed by atoms with Crippen LogP contribution < -0.4 is 0 Å². The lowest BCUT2D eigenvalue weighted by Gasteiger charge is -2.02. The number of Topliss-reactive ketones (excluding diaryl/α,β-unsaturated/α-hetero) is 1. The first kappa shape index (κ1) is 8.88. The second-order valence-electron chi connectivity index (χ2n) is 3.42. The van der Waals surface area contributed by atoms with Crippen LogP contribution in [0.2, 0.25) is 0 Å². The van der Waals surface area contributed by atoms with Crippen LogP contribution in [0, 0.1) is 6.92 Å². The van der Waals surface area contributed by atoms with Gasteiger partial charge in [0.05, 0.1) is 5.52 Å². The number of nitrogens with zero attached hydrogens (tertiary/aromatic N) is 1. The summed E-state index contributed by atoms with van der Waals surface area (Å²) in [7, 11) is 0. The highest BCUT2D eigenvalue weighted by molar-refractivity contribution is 5.98. The molecule has 0 radical (unpaired) electrons. The van der Waals surface area contributed by atoms with E-state index in [1.54, 1.807) is 13.1 Å². The van der Waals surface area contributed by atoms with Gasteiger partial charge >= 0.3 is 0 Å². The summed E-state index contributed by atoms with van der Waals surface area (Å²) in [5.41, 5.74) is 2.79. The highest BCUT2D eigenvalue weighted by Gasteiger charge is 2.02. The van der Waals surface area contributed by atoms with Crippen molar-refractivity contribution in [2.75, 3.05) is 0 Å². The van der Waals surface area contributed by atoms with E-state index in [0.29, 0.717) is 0 Å². The summed E-state index contributed by atoms with van der Waals surface area (Å²) in [6, 6.07) is 7.61. The van der Waals surface area contributed by atoms with Gasteiger partial charge in [-0.3, -0.25) is 9.78 Å². The third kappa shape index (κ3) is 1.39. The highest BCUT2D eigenvalue weighted by atomic mass is 16.1. The molecule has 1 heterocycles. The number of aromatic nitrogens is 1. The Morgan fingerprint density at radius 2 is 2.07 bits per heavy atom. The van der Waals surface area contributed by atoms with Crippen LogP contribution in [0.4, 0.5) is 0 Å². The molecule has 0 aliphatic rings. The maximum absolute atomic E-state index is 11.1. The molecule has 0 spiro atoms. The fourth-order valence-corrected chi connectivity index (χ4v) is 1.51. The lowest BCUT2D eigenvalue weighted by molar-refractivity contribution is 0.101. The molecule has 0 unspecified atom stereocenters. The molecule has 0 bridgehead atoms. The minimum atomic E-state index is 0.0789. The van der Waals surface area contributed by atoms with Crippen molar-refractivity contribution < 1.29 is 4.79 Å². The second-order valence-corrected chi connectivity index (χ2v) is 3.42. The topological polar surface area (TPSA) is 30.0 Å². The maximum Gasteiger partial charge on any atom is 0.159 e. The van der Waals surface area contributed by atoms with E-state index in [9.17, 15) is 4.79 Å². The molecule has 2 aromatic rings. The van der Waals surface area contributed by atoms with E-state index >= 15 is 0 Å². The van der Waals surface area contributed by atoms with E-state index < -0.39 is 0 Å². The minimum Gasteiger partial charge on any atom is -0.295 e. The van der Waals surface area contributed by atoms with Crippen molar-refractivity contribution in [3.05, 3.63) is 41.6 Å². The first-order valence-corrected chi connectivity index (χ1v) is 4.55. The van der Waals surface area contributed by atoms with E-state index in [2.05, 4.69) is 4.98 Å². The number of carbonyl (C=O) groups excluding carboxylic acids is 1. The van der Waals surface area contributed by atoms with Gasteiger partial charge in [0.2, 0.25) is 0 Å². The quantitative estimate of drug-likeness (QED) is 0.639. The standard InChI is InChI=1S/C12H11NO/c1-8-5-6-13-12-7-10(9(2)14)3-4-11(8)12/h3-7H,1-2H3. The zero-order valence-electron chi connectivity index (χ0n) is 8.24. The number of carbonyl (C=O) groups is 1. The third-order valence-corrected chi connectivity index (χ3v) is 2.37. The van der Waals surface area contributed by atoms with E-state index in [-0.39, 0.29) is 5.78 Å². The molecule has 0 aliphatic heterocycles. The van der Waals surface area contributed by atoms with E-state index in [0.717, 1.165) is 16.5 Å². The Morgan fingerprint density at radius 3 is 2.79 bits per heavy atom. The summed E-state index contributed by atoms with van der Waals surface area (Å²) in [5, 5.41) is 1.11. The molecule has 0 N–H and O–H groups in total. The summed E-state index contributed by atoms with van der Waals surface area (Å²) in [5.74, 6) is 0.0789. The van der Waals surface area contributed by atoms with Gasteiger partial charge in [-0.05, 0) is 31.5 Å². The van der Waals surface area contributed by atoms with Crippen LogP contribution in [-0.2, 0) is 0 Å². The Labute approximate surface area is 82.6 Å². The average molecular weight is 185 g/mol. The Hall–Kier alpha value is -1.70. The van der Waals surface area contributed by atoms with Crippen molar-refractivity contribution in [1.82, 2.24) is 4.98 Å². The number of aryl methyl sites for hydroxylation is 1. The number of fused-ring (bicyclic) bond motifs is 1. The zero-order valence-corrected chi connectivity index (χ0v) is 8.24. The Morgan fingerprint density at radius 1 is 1.29 bits per heavy atom. The number of hydrogen-bond donors (Lipinski definition) is 0. The van der Waals surface area contributed by atoms with Crippen LogP contribution in [-0.4, -0.2) is 10.8 Å². The number of rotatable bonds is 1. The van der Waals surface area contributed by atoms with Gasteiger partial charge < -0.3 is 0 Å². The molecule has 2 nitrogen and oxygen atoms in total. The molecule has 1 aromatic carbocycles. The van der Waals surface area contributed by atoms with Gasteiger partial charge in [-0.25, -0.2) is 0 Å². The molecule has 0 atom stereocenters. The first-order chi connectivity index (χ1) is 6.68. The second kappa shape index (κ2) is 3.22. The molecular formula is C12H11NO. The van der Waals surface area contributed by atoms with Gasteiger partial charge in [0, 0.05) is 17.1 Å². The summed E-state index contributed by atoms with van der Waals surface area (Å²) in [6.07, 6.45) is 1.77. The van der Waals surface area contributed by atoms with E-state index in [1.165, 1.54) is 5.56 Å². The zero-order chi connectivity index (χ0) is 10.1. The lowest BCUT2D eigenvalue weighted by Crippen LogP contribution is -1.92. The fraction of sp³-hybridized carbons (Fsp3) is 0.167. The fourth-order valence-electron chi connectivity index (χ4n) is 1.51. The van der Waals surface area contributed by atoms with Crippen LogP contribution in [0.1, 0.15) is 22.8 Å². The molecule has 2 rings (SSSR count). The van der Waals surface area contributed by atoms with Crippen molar-refractivity contribution in [2.45, 2.75) is 13.8 Å². The number of hydrogen-bond acceptors (Lipinski definition) is 2. The first-order valence-electron chi connectivity index (χ1n) is 4.55. The molecule has 14 heavy (non-hydrogen) atoms. The molecular weight excluding hydrogens is 174 g/mol. The van der Waals surface area contributed by atoms with Crippen LogP contribution in [0.15, 0.2) is 30.5 Å². The smallest absolute Gasteiger partial charge is 0.159 e. The SMILES string of the molecule is CC(=O)c1ccc2c(C)ccnc2c1. The van der Waals surface area contributed by atoms with E-state index in [1.807, 2.05) is 31.2 Å². The highest BCUT2D eigenvalue weighted by Crippen LogP contribution is 2.17. The van der Waals surface area contributed by atoms with Crippen molar-refractivity contribution in [3.63, 3.8) is 0 Å². The minimum absolute atomic E-state index is 0.0789. The Bertz CT molecular complexity index is 503. The maximum atomic E-state index is 11.1. The van der Waals surface area contributed by atoms with Gasteiger partial charge in [0.15, 0.2) is 5.78 Å². The number of benzene rings is 1. The number of pyridine rings is 1. The molecule has 70 valence electrons. The van der Waals surface area contributed by atoms with Crippen LogP contribution in [0.5, 0.6) is 0 Å². The van der Waals surface area contributed by atoms with Crippen LogP contribution in [0.3, 0.4) is 0 Å². The average Bonchev–Trinajstić information content (AvgIpc) is 2.17. The normalized spacial score (nSPS) is 10.4. The Kier molecular flexibility index (Phi) is 2.04. The van der Waals surface area contributed by atoms with Crippen LogP contribution in [0.25, 0.3) is 10.9 Å². The molecule has 2 heteroatoms. The van der Waals surface area contributed by atoms with Gasteiger partial charge in [0.1, 0.15) is 0 Å². The van der Waals surface area contributed by atoms with Crippen molar-refractivity contribution in [3.8, 4) is 0 Å². The summed E-state index contributed by atoms with van der Waals surface area (Å²) in [4.78, 5) is 15.4. The summed E-state index contributed by atoms with van der Waals surface area (Å²) in [6.45, 7) is 3.61. The Balaban J connectivity index is 2.73. The summed E-state index contributed by atoms with van der Waals surface area (Å²) >= 11 is 0. The number of ketones is 1. The van der Waals surface area contributed by atoms with Crippen LogP contribution >= 0.6 is 0 Å². The van der Waals surface area contributed by atoms with Gasteiger partial charge in [-0.2, -0.15) is 0 Å².